The van der Waals surface area contributed by atoms with Gasteiger partial charge in [0.2, 0.25) is 5.91 Å². The van der Waals surface area contributed by atoms with Gasteiger partial charge < -0.3 is 10.4 Å². The zero-order valence-corrected chi connectivity index (χ0v) is 8.13. The molecule has 0 heterocycles. The van der Waals surface area contributed by atoms with Crippen molar-refractivity contribution in [1.82, 2.24) is 5.32 Å². The van der Waals surface area contributed by atoms with Crippen molar-refractivity contribution in [2.45, 2.75) is 19.6 Å². The van der Waals surface area contributed by atoms with E-state index in [2.05, 4.69) is 5.32 Å². The van der Waals surface area contributed by atoms with Crippen molar-refractivity contribution in [2.24, 2.45) is 0 Å². The van der Waals surface area contributed by atoms with Gasteiger partial charge in [0.25, 0.3) is 0 Å². The standard InChI is InChI=1S/C10H11F2NO2/c1-6(14)10(15)13-5-7-2-3-8(11)4-9(7)12/h2-4,6,14H,5H2,1H3,(H,13,15). The van der Waals surface area contributed by atoms with Crippen molar-refractivity contribution in [1.29, 1.82) is 0 Å². The highest BCUT2D eigenvalue weighted by atomic mass is 19.1. The number of carbonyl (C=O) groups excluding carboxylic acids is 1. The normalized spacial score (nSPS) is 12.3. The molecular weight excluding hydrogens is 204 g/mol. The minimum atomic E-state index is -1.14. The van der Waals surface area contributed by atoms with Gasteiger partial charge in [-0.2, -0.15) is 0 Å². The molecule has 0 radical (unpaired) electrons. The number of amides is 1. The maximum atomic E-state index is 13.0. The number of aliphatic hydroxyl groups is 1. The molecule has 0 saturated carbocycles. The van der Waals surface area contributed by atoms with Crippen LogP contribution in [0.2, 0.25) is 0 Å². The molecule has 2 N–H and O–H groups in total. The minimum Gasteiger partial charge on any atom is -0.384 e. The number of nitrogens with one attached hydrogen (secondary N) is 1. The molecule has 0 aliphatic carbocycles. The molecule has 0 spiro atoms. The number of aliphatic hydroxyl groups excluding tert-OH is 1. The van der Waals surface area contributed by atoms with Crippen molar-refractivity contribution in [2.75, 3.05) is 0 Å². The molecule has 1 atom stereocenters. The number of halogens is 2. The van der Waals surface area contributed by atoms with Gasteiger partial charge in [-0.1, -0.05) is 6.07 Å². The van der Waals surface area contributed by atoms with Gasteiger partial charge >= 0.3 is 0 Å². The average Bonchev–Trinajstić information content (AvgIpc) is 2.15. The smallest absolute Gasteiger partial charge is 0.248 e. The highest BCUT2D eigenvalue weighted by Crippen LogP contribution is 2.08. The van der Waals surface area contributed by atoms with Crippen LogP contribution in [0.3, 0.4) is 0 Å². The summed E-state index contributed by atoms with van der Waals surface area (Å²) in [6.07, 6.45) is -1.14. The zero-order chi connectivity index (χ0) is 11.4. The van der Waals surface area contributed by atoms with Gasteiger partial charge in [0.1, 0.15) is 17.7 Å². The van der Waals surface area contributed by atoms with E-state index in [-0.39, 0.29) is 12.1 Å². The molecule has 1 rings (SSSR count). The quantitative estimate of drug-likeness (QED) is 0.789. The molecule has 0 aromatic heterocycles. The van der Waals surface area contributed by atoms with E-state index in [0.717, 1.165) is 12.1 Å². The van der Waals surface area contributed by atoms with E-state index >= 15 is 0 Å². The molecule has 1 amide bonds. The van der Waals surface area contributed by atoms with E-state index in [1.54, 1.807) is 0 Å². The Kier molecular flexibility index (Phi) is 3.74. The van der Waals surface area contributed by atoms with Crippen LogP contribution in [0, 0.1) is 11.6 Å². The number of hydrogen-bond acceptors (Lipinski definition) is 2. The number of rotatable bonds is 3. The molecular formula is C10H11F2NO2. The molecule has 0 bridgehead atoms. The summed E-state index contributed by atoms with van der Waals surface area (Å²) in [5.41, 5.74) is 0.172. The Morgan fingerprint density at radius 2 is 2.20 bits per heavy atom. The number of carbonyl (C=O) groups is 1. The summed E-state index contributed by atoms with van der Waals surface area (Å²) in [7, 11) is 0. The SMILES string of the molecule is CC(O)C(=O)NCc1ccc(F)cc1F. The Morgan fingerprint density at radius 3 is 2.73 bits per heavy atom. The lowest BCUT2D eigenvalue weighted by atomic mass is 10.2. The Labute approximate surface area is 85.7 Å². The van der Waals surface area contributed by atoms with Crippen LogP contribution >= 0.6 is 0 Å². The Balaban J connectivity index is 2.62. The van der Waals surface area contributed by atoms with E-state index in [1.165, 1.54) is 13.0 Å². The summed E-state index contributed by atoms with van der Waals surface area (Å²) in [6.45, 7) is 1.23. The average molecular weight is 215 g/mol. The van der Waals surface area contributed by atoms with Crippen molar-refractivity contribution in [3.05, 3.63) is 35.4 Å². The van der Waals surface area contributed by atoms with E-state index in [9.17, 15) is 13.6 Å². The second kappa shape index (κ2) is 4.84. The summed E-state index contributed by atoms with van der Waals surface area (Å²) < 4.78 is 25.6. The van der Waals surface area contributed by atoms with Crippen LogP contribution in [0.25, 0.3) is 0 Å². The van der Waals surface area contributed by atoms with Crippen molar-refractivity contribution in [3.63, 3.8) is 0 Å². The first kappa shape index (κ1) is 11.6. The Hall–Kier alpha value is -1.49. The van der Waals surface area contributed by atoms with E-state index in [4.69, 9.17) is 5.11 Å². The minimum absolute atomic E-state index is 0.0736. The largest absolute Gasteiger partial charge is 0.384 e. The number of hydrogen-bond donors (Lipinski definition) is 2. The van der Waals surface area contributed by atoms with Gasteiger partial charge in [0.15, 0.2) is 0 Å². The predicted molar refractivity (Wildman–Crippen MR) is 49.9 cm³/mol. The fourth-order valence-corrected chi connectivity index (χ4v) is 0.995. The van der Waals surface area contributed by atoms with E-state index in [1.807, 2.05) is 0 Å². The van der Waals surface area contributed by atoms with Crippen molar-refractivity contribution >= 4 is 5.91 Å². The van der Waals surface area contributed by atoms with Crippen LogP contribution in [0.1, 0.15) is 12.5 Å². The summed E-state index contributed by atoms with van der Waals surface area (Å²) in [5.74, 6) is -1.99. The molecule has 82 valence electrons. The van der Waals surface area contributed by atoms with E-state index < -0.39 is 23.6 Å². The topological polar surface area (TPSA) is 49.3 Å². The second-order valence-corrected chi connectivity index (χ2v) is 3.13. The zero-order valence-electron chi connectivity index (χ0n) is 8.13. The monoisotopic (exact) mass is 215 g/mol. The molecule has 1 aromatic rings. The molecule has 3 nitrogen and oxygen atoms in total. The first-order chi connectivity index (χ1) is 7.00. The summed E-state index contributed by atoms with van der Waals surface area (Å²) >= 11 is 0. The molecule has 0 aliphatic heterocycles. The second-order valence-electron chi connectivity index (χ2n) is 3.13. The lowest BCUT2D eigenvalue weighted by Crippen LogP contribution is -2.32. The van der Waals surface area contributed by atoms with E-state index in [0.29, 0.717) is 0 Å². The Morgan fingerprint density at radius 1 is 1.53 bits per heavy atom. The lowest BCUT2D eigenvalue weighted by molar-refractivity contribution is -0.128. The third-order valence-electron chi connectivity index (χ3n) is 1.85. The molecule has 0 saturated heterocycles. The van der Waals surface area contributed by atoms with Gasteiger partial charge in [-0.25, -0.2) is 8.78 Å². The van der Waals surface area contributed by atoms with Gasteiger partial charge in [-0.3, -0.25) is 4.79 Å². The van der Waals surface area contributed by atoms with Crippen LogP contribution in [0.4, 0.5) is 8.78 Å². The predicted octanol–water partition coefficient (Wildman–Crippen LogP) is 0.962. The fraction of sp³-hybridized carbons (Fsp3) is 0.300. The number of benzene rings is 1. The first-order valence-corrected chi connectivity index (χ1v) is 4.40. The van der Waals surface area contributed by atoms with Gasteiger partial charge in [0, 0.05) is 18.2 Å². The Bertz CT molecular complexity index is 366. The summed E-state index contributed by atoms with van der Waals surface area (Å²) in [4.78, 5) is 10.9. The van der Waals surface area contributed by atoms with Crippen molar-refractivity contribution in [3.8, 4) is 0 Å². The van der Waals surface area contributed by atoms with Crippen LogP contribution in [0.15, 0.2) is 18.2 Å². The van der Waals surface area contributed by atoms with Crippen LogP contribution < -0.4 is 5.32 Å². The fourth-order valence-electron chi connectivity index (χ4n) is 0.995. The van der Waals surface area contributed by atoms with Crippen LogP contribution in [-0.4, -0.2) is 17.1 Å². The van der Waals surface area contributed by atoms with Gasteiger partial charge in [0.05, 0.1) is 0 Å². The van der Waals surface area contributed by atoms with Crippen molar-refractivity contribution < 1.29 is 18.7 Å². The third-order valence-corrected chi connectivity index (χ3v) is 1.85. The highest BCUT2D eigenvalue weighted by molar-refractivity contribution is 5.79. The van der Waals surface area contributed by atoms with Crippen LogP contribution in [0.5, 0.6) is 0 Å². The molecule has 15 heavy (non-hydrogen) atoms. The molecule has 5 heteroatoms. The van der Waals surface area contributed by atoms with Gasteiger partial charge in [-0.15, -0.1) is 0 Å². The first-order valence-electron chi connectivity index (χ1n) is 4.40. The van der Waals surface area contributed by atoms with Gasteiger partial charge in [-0.05, 0) is 13.0 Å². The van der Waals surface area contributed by atoms with Crippen LogP contribution in [-0.2, 0) is 11.3 Å². The molecule has 1 unspecified atom stereocenters. The highest BCUT2D eigenvalue weighted by Gasteiger charge is 2.09. The third kappa shape index (κ3) is 3.28. The lowest BCUT2D eigenvalue weighted by Gasteiger charge is -2.07. The molecule has 0 fully saturated rings. The summed E-state index contributed by atoms with van der Waals surface area (Å²) in [5, 5.41) is 11.2. The molecule has 1 aromatic carbocycles. The molecule has 0 aliphatic rings. The maximum Gasteiger partial charge on any atom is 0.248 e. The summed E-state index contributed by atoms with van der Waals surface area (Å²) in [6, 6.07) is 3.09. The maximum absolute atomic E-state index is 13.0.